The maximum absolute atomic E-state index is 9.55. The van der Waals surface area contributed by atoms with Crippen LogP contribution in [0.5, 0.6) is 0 Å². The Labute approximate surface area is 313 Å². The molecule has 0 saturated heterocycles. The molecule has 11 rings (SSSR count). The van der Waals surface area contributed by atoms with E-state index in [4.69, 9.17) is 9.90 Å². The van der Waals surface area contributed by atoms with Gasteiger partial charge in [0, 0.05) is 16.2 Å². The van der Waals surface area contributed by atoms with Crippen LogP contribution in [0.25, 0.3) is 98.8 Å². The molecule has 1 aromatic heterocycles. The fourth-order valence-corrected chi connectivity index (χ4v) is 8.66. The van der Waals surface area contributed by atoms with Crippen LogP contribution in [0.2, 0.25) is 0 Å². The van der Waals surface area contributed by atoms with Gasteiger partial charge in [0.05, 0.1) is 11.0 Å². The van der Waals surface area contributed by atoms with Crippen LogP contribution in [0.1, 0.15) is 35.9 Å². The van der Waals surface area contributed by atoms with Crippen LogP contribution >= 0.6 is 0 Å². The number of hydrogen-bond donors (Lipinski definition) is 0. The first kappa shape index (κ1) is 22.4. The lowest BCUT2D eigenvalue weighted by Crippen LogP contribution is -2.14. The highest BCUT2D eigenvalue weighted by atomic mass is 16.3. The Morgan fingerprint density at radius 2 is 1.04 bits per heavy atom. The summed E-state index contributed by atoms with van der Waals surface area (Å²) in [6.07, 6.45) is 0. The number of benzene rings is 9. The van der Waals surface area contributed by atoms with E-state index < -0.39 is 24.2 Å². The van der Waals surface area contributed by atoms with Crippen LogP contribution in [0.15, 0.2) is 174 Å². The van der Waals surface area contributed by atoms with Crippen molar-refractivity contribution in [3.8, 4) is 44.5 Å². The van der Waals surface area contributed by atoms with E-state index in [2.05, 4.69) is 56.3 Å². The lowest BCUT2D eigenvalue weighted by atomic mass is 9.82. The summed E-state index contributed by atoms with van der Waals surface area (Å²) >= 11 is 0. The molecule has 0 bridgehead atoms. The van der Waals surface area contributed by atoms with Crippen molar-refractivity contribution in [2.24, 2.45) is 0 Å². The molecule has 0 spiro atoms. The fourth-order valence-electron chi connectivity index (χ4n) is 8.66. The third kappa shape index (κ3) is 4.11. The number of rotatable bonds is 3. The summed E-state index contributed by atoms with van der Waals surface area (Å²) in [6.45, 7) is 4.47. The predicted octanol–water partition coefficient (Wildman–Crippen LogP) is 14.4. The third-order valence-corrected chi connectivity index (χ3v) is 11.1. The van der Waals surface area contributed by atoms with Gasteiger partial charge >= 0.3 is 0 Å². The SMILES string of the molecule is [2H]c1c([2H])c([2H])c2c(-c3cccc4oc5cc6ccccc6cc5c34)c3c([2H])c([2H])c([2H])c([2H])c3c(-c3cccc(-c4ccc5c(c4)-c4ccccc4C5(C)C)c3)c2c1[2H]. The zero-order valence-electron chi connectivity index (χ0n) is 36.5. The van der Waals surface area contributed by atoms with E-state index in [1.54, 1.807) is 0 Å². The van der Waals surface area contributed by atoms with Crippen molar-refractivity contribution < 1.29 is 15.4 Å². The van der Waals surface area contributed by atoms with Crippen LogP contribution in [0, 0.1) is 0 Å². The van der Waals surface area contributed by atoms with Crippen LogP contribution in [0.4, 0.5) is 0 Å². The van der Waals surface area contributed by atoms with Crippen molar-refractivity contribution >= 4 is 54.3 Å². The monoisotopic (exact) mass is 670 g/mol. The molecule has 0 N–H and O–H groups in total. The smallest absolute Gasteiger partial charge is 0.136 e. The standard InChI is InChI=1S/C51H34O/c1-51(2)44-23-10-9-17-36(44)42-28-34(25-26-45(42)51)31-15-11-16-35(27-31)48-37-18-5-7-20-39(37)49(40-21-8-6-19-38(40)48)41-22-12-24-46-50(41)43-29-32-13-3-4-14-33(32)30-47(43)52-46/h3-30H,1-2H3/i5D,6D,7D,8D,18D,19D,20D,21D. The van der Waals surface area contributed by atoms with Crippen molar-refractivity contribution in [1.82, 2.24) is 0 Å². The fraction of sp³-hybridized carbons (Fsp3) is 0.0588. The Morgan fingerprint density at radius 3 is 1.81 bits per heavy atom. The minimum atomic E-state index is -0.440. The van der Waals surface area contributed by atoms with Crippen LogP contribution < -0.4 is 0 Å². The highest BCUT2D eigenvalue weighted by molar-refractivity contribution is 6.26. The second kappa shape index (κ2) is 10.8. The predicted molar refractivity (Wildman–Crippen MR) is 220 cm³/mol. The Kier molecular flexibility index (Phi) is 4.64. The van der Waals surface area contributed by atoms with Gasteiger partial charge in [0.2, 0.25) is 0 Å². The molecule has 9 aromatic carbocycles. The number of furan rings is 1. The first-order valence-electron chi connectivity index (χ1n) is 21.5. The molecule has 1 nitrogen and oxygen atoms in total. The van der Waals surface area contributed by atoms with Gasteiger partial charge in [-0.2, -0.15) is 0 Å². The molecule has 0 saturated carbocycles. The summed E-state index contributed by atoms with van der Waals surface area (Å²) in [6, 6.07) is 37.1. The van der Waals surface area contributed by atoms with Crippen LogP contribution in [-0.2, 0) is 5.41 Å². The van der Waals surface area contributed by atoms with Crippen molar-refractivity contribution in [2.75, 3.05) is 0 Å². The van der Waals surface area contributed by atoms with Gasteiger partial charge in [0.15, 0.2) is 0 Å². The second-order valence-electron chi connectivity index (χ2n) is 14.2. The lowest BCUT2D eigenvalue weighted by Gasteiger charge is -2.21. The van der Waals surface area contributed by atoms with Crippen LogP contribution in [0.3, 0.4) is 0 Å². The molecule has 0 fully saturated rings. The number of hydrogen-bond acceptors (Lipinski definition) is 1. The Bertz CT molecular complexity index is 3480. The molecule has 0 unspecified atom stereocenters. The molecule has 0 amide bonds. The summed E-state index contributed by atoms with van der Waals surface area (Å²) in [5.74, 6) is 0. The summed E-state index contributed by atoms with van der Waals surface area (Å²) in [5, 5.41) is 4.10. The molecule has 1 heteroatoms. The van der Waals surface area contributed by atoms with Gasteiger partial charge < -0.3 is 4.42 Å². The molecule has 1 aliphatic carbocycles. The average molecular weight is 671 g/mol. The molecular formula is C51H34O. The van der Waals surface area contributed by atoms with E-state index in [0.29, 0.717) is 38.8 Å². The summed E-state index contributed by atoms with van der Waals surface area (Å²) < 4.78 is 80.4. The minimum absolute atomic E-state index is 0.165. The molecule has 10 aromatic rings. The number of fused-ring (bicyclic) bond motifs is 9. The lowest BCUT2D eigenvalue weighted by molar-refractivity contribution is 0.660. The van der Waals surface area contributed by atoms with E-state index in [0.717, 1.165) is 32.8 Å². The van der Waals surface area contributed by atoms with Gasteiger partial charge in [0.25, 0.3) is 0 Å². The molecule has 1 heterocycles. The molecular weight excluding hydrogens is 629 g/mol. The topological polar surface area (TPSA) is 13.1 Å². The Morgan fingerprint density at radius 1 is 0.442 bits per heavy atom. The maximum atomic E-state index is 9.55. The van der Waals surface area contributed by atoms with E-state index in [1.807, 2.05) is 78.9 Å². The maximum Gasteiger partial charge on any atom is 0.136 e. The highest BCUT2D eigenvalue weighted by Crippen LogP contribution is 2.51. The largest absolute Gasteiger partial charge is 0.456 e. The van der Waals surface area contributed by atoms with E-state index in [1.165, 1.54) is 16.7 Å². The van der Waals surface area contributed by atoms with Gasteiger partial charge in [-0.1, -0.05) is 153 Å². The van der Waals surface area contributed by atoms with E-state index in [9.17, 15) is 5.48 Å². The average Bonchev–Trinajstić information content (AvgIpc) is 3.74. The van der Waals surface area contributed by atoms with Crippen molar-refractivity contribution in [3.05, 3.63) is 181 Å². The van der Waals surface area contributed by atoms with Crippen molar-refractivity contribution in [2.45, 2.75) is 19.3 Å². The van der Waals surface area contributed by atoms with Gasteiger partial charge in [-0.25, -0.2) is 0 Å². The molecule has 0 aliphatic heterocycles. The molecule has 0 radical (unpaired) electrons. The first-order chi connectivity index (χ1) is 28.9. The Balaban J connectivity index is 1.27. The van der Waals surface area contributed by atoms with E-state index in [-0.39, 0.29) is 51.1 Å². The molecule has 0 atom stereocenters. The van der Waals surface area contributed by atoms with E-state index >= 15 is 0 Å². The second-order valence-corrected chi connectivity index (χ2v) is 14.2. The van der Waals surface area contributed by atoms with Crippen molar-refractivity contribution in [1.29, 1.82) is 0 Å². The summed E-state index contributed by atoms with van der Waals surface area (Å²) in [4.78, 5) is 0. The summed E-state index contributed by atoms with van der Waals surface area (Å²) in [5.41, 5.74) is 9.33. The van der Waals surface area contributed by atoms with Gasteiger partial charge in [-0.15, -0.1) is 0 Å². The molecule has 1 aliphatic rings. The Hall–Kier alpha value is -6.44. The normalized spacial score (nSPS) is 15.5. The van der Waals surface area contributed by atoms with Crippen molar-refractivity contribution in [3.63, 3.8) is 0 Å². The molecule has 52 heavy (non-hydrogen) atoms. The molecule has 244 valence electrons. The summed E-state index contributed by atoms with van der Waals surface area (Å²) in [7, 11) is 0. The van der Waals surface area contributed by atoms with Gasteiger partial charge in [-0.3, -0.25) is 0 Å². The van der Waals surface area contributed by atoms with Gasteiger partial charge in [-0.05, 0) is 118 Å². The van der Waals surface area contributed by atoms with Crippen LogP contribution in [-0.4, -0.2) is 0 Å². The zero-order valence-corrected chi connectivity index (χ0v) is 28.5. The van der Waals surface area contributed by atoms with Gasteiger partial charge in [0.1, 0.15) is 11.2 Å². The third-order valence-electron chi connectivity index (χ3n) is 11.1. The highest BCUT2D eigenvalue weighted by Gasteiger charge is 2.35. The first-order valence-corrected chi connectivity index (χ1v) is 17.5. The zero-order chi connectivity index (χ0) is 41.5. The minimum Gasteiger partial charge on any atom is -0.456 e. The quantitative estimate of drug-likeness (QED) is 0.171.